The van der Waals surface area contributed by atoms with E-state index in [4.69, 9.17) is 11.6 Å². The summed E-state index contributed by atoms with van der Waals surface area (Å²) in [6.45, 7) is 3.90. The molecule has 0 saturated carbocycles. The molecule has 2 unspecified atom stereocenters. The van der Waals surface area contributed by atoms with Crippen LogP contribution < -0.4 is 0 Å². The van der Waals surface area contributed by atoms with Crippen molar-refractivity contribution in [1.82, 2.24) is 14.1 Å². The number of fused-ring (bicyclic) bond motifs is 2. The van der Waals surface area contributed by atoms with Gasteiger partial charge < -0.3 is 0 Å². The van der Waals surface area contributed by atoms with E-state index in [9.17, 15) is 8.42 Å². The highest BCUT2D eigenvalue weighted by Crippen LogP contribution is 2.43. The van der Waals surface area contributed by atoms with Crippen molar-refractivity contribution in [3.05, 3.63) is 46.7 Å². The smallest absolute Gasteiger partial charge is 0.243 e. The summed E-state index contributed by atoms with van der Waals surface area (Å²) in [5, 5.41) is 4.93. The van der Waals surface area contributed by atoms with Gasteiger partial charge in [0.05, 0.1) is 17.1 Å². The summed E-state index contributed by atoms with van der Waals surface area (Å²) < 4.78 is 30.2. The number of piperidine rings is 1. The Morgan fingerprint density at radius 3 is 2.36 bits per heavy atom. The number of sulfonamides is 1. The molecule has 4 rings (SSSR count). The largest absolute Gasteiger partial charge is 0.269 e. The average molecular weight is 380 g/mol. The summed E-state index contributed by atoms with van der Waals surface area (Å²) in [5.41, 5.74) is 2.02. The first-order chi connectivity index (χ1) is 11.9. The van der Waals surface area contributed by atoms with Crippen molar-refractivity contribution in [3.63, 3.8) is 0 Å². The topological polar surface area (TPSA) is 55.2 Å². The van der Waals surface area contributed by atoms with Gasteiger partial charge in [-0.05, 0) is 62.8 Å². The number of benzene rings is 1. The van der Waals surface area contributed by atoms with Crippen molar-refractivity contribution in [1.29, 1.82) is 0 Å². The molecule has 0 N–H and O–H groups in total. The Kier molecular flexibility index (Phi) is 4.17. The molecule has 0 radical (unpaired) electrons. The van der Waals surface area contributed by atoms with Crippen LogP contribution in [0.15, 0.2) is 35.5 Å². The predicted octanol–water partition coefficient (Wildman–Crippen LogP) is 3.71. The summed E-state index contributed by atoms with van der Waals surface area (Å²) >= 11 is 6.16. The maximum Gasteiger partial charge on any atom is 0.243 e. The maximum atomic E-state index is 13.2. The molecule has 1 aromatic carbocycles. The molecule has 2 bridgehead atoms. The fourth-order valence-electron chi connectivity index (χ4n) is 4.20. The lowest BCUT2D eigenvalue weighted by Crippen LogP contribution is -2.46. The van der Waals surface area contributed by atoms with E-state index >= 15 is 0 Å². The number of rotatable bonds is 3. The van der Waals surface area contributed by atoms with E-state index in [1.807, 2.05) is 30.9 Å². The predicted molar refractivity (Wildman–Crippen MR) is 97.3 cm³/mol. The van der Waals surface area contributed by atoms with E-state index in [0.29, 0.717) is 9.92 Å². The molecular formula is C18H22ClN3O2S. The van der Waals surface area contributed by atoms with E-state index in [1.165, 1.54) is 0 Å². The minimum atomic E-state index is -3.52. The Hall–Kier alpha value is -1.37. The molecule has 2 aliphatic rings. The first-order valence-corrected chi connectivity index (χ1v) is 10.5. The second-order valence-corrected chi connectivity index (χ2v) is 9.50. The van der Waals surface area contributed by atoms with Crippen LogP contribution in [0.5, 0.6) is 0 Å². The lowest BCUT2D eigenvalue weighted by molar-refractivity contribution is 0.185. The minimum absolute atomic E-state index is 0.0401. The van der Waals surface area contributed by atoms with Gasteiger partial charge in [-0.3, -0.25) is 4.68 Å². The van der Waals surface area contributed by atoms with Gasteiger partial charge >= 0.3 is 0 Å². The Balaban J connectivity index is 1.63. The molecule has 2 aromatic rings. The monoisotopic (exact) mass is 379 g/mol. The normalized spacial score (nSPS) is 26.9. The summed E-state index contributed by atoms with van der Waals surface area (Å²) in [7, 11) is -3.52. The van der Waals surface area contributed by atoms with Gasteiger partial charge in [0.2, 0.25) is 10.0 Å². The van der Waals surface area contributed by atoms with Crippen LogP contribution in [0.4, 0.5) is 0 Å². The van der Waals surface area contributed by atoms with E-state index < -0.39 is 10.0 Å². The highest BCUT2D eigenvalue weighted by atomic mass is 35.5. The van der Waals surface area contributed by atoms with E-state index in [0.717, 1.165) is 36.8 Å². The Morgan fingerprint density at radius 2 is 1.80 bits per heavy atom. The lowest BCUT2D eigenvalue weighted by Gasteiger charge is -2.38. The zero-order valence-corrected chi connectivity index (χ0v) is 16.0. The number of halogens is 1. The van der Waals surface area contributed by atoms with Gasteiger partial charge in [0.25, 0.3) is 0 Å². The highest BCUT2D eigenvalue weighted by Gasteiger charge is 2.47. The van der Waals surface area contributed by atoms with Crippen molar-refractivity contribution in [2.45, 2.75) is 62.6 Å². The average Bonchev–Trinajstić information content (AvgIpc) is 3.12. The first-order valence-electron chi connectivity index (χ1n) is 8.66. The zero-order chi connectivity index (χ0) is 17.8. The number of aromatic nitrogens is 2. The fraction of sp³-hybridized carbons (Fsp3) is 0.500. The van der Waals surface area contributed by atoms with Gasteiger partial charge in [0.15, 0.2) is 0 Å². The van der Waals surface area contributed by atoms with Crippen molar-refractivity contribution < 1.29 is 8.42 Å². The molecule has 0 spiro atoms. The van der Waals surface area contributed by atoms with Crippen molar-refractivity contribution >= 4 is 21.6 Å². The molecule has 1 aromatic heterocycles. The number of nitrogens with zero attached hydrogens (tertiary/aromatic N) is 3. The third-order valence-corrected chi connectivity index (χ3v) is 7.87. The van der Waals surface area contributed by atoms with Crippen LogP contribution in [0.2, 0.25) is 5.02 Å². The van der Waals surface area contributed by atoms with Crippen molar-refractivity contribution in [3.8, 4) is 0 Å². The van der Waals surface area contributed by atoms with Crippen molar-refractivity contribution in [2.24, 2.45) is 0 Å². The molecule has 3 heterocycles. The van der Waals surface area contributed by atoms with E-state index in [2.05, 4.69) is 5.10 Å². The molecule has 25 heavy (non-hydrogen) atoms. The van der Waals surface area contributed by atoms with Crippen LogP contribution in [0.1, 0.15) is 42.9 Å². The molecule has 7 heteroatoms. The van der Waals surface area contributed by atoms with Crippen LogP contribution in [0.25, 0.3) is 0 Å². The molecule has 2 fully saturated rings. The molecule has 134 valence electrons. The maximum absolute atomic E-state index is 13.2. The molecular weight excluding hydrogens is 358 g/mol. The summed E-state index contributed by atoms with van der Waals surface area (Å²) in [6, 6.07) is 5.38. The molecule has 0 amide bonds. The SMILES string of the molecule is Cc1cnn(C2CC3CCC(C2)N3S(=O)(=O)c2ccc(C)c(Cl)c2)c1. The van der Waals surface area contributed by atoms with Crippen LogP contribution in [0.3, 0.4) is 0 Å². The van der Waals surface area contributed by atoms with E-state index in [-0.39, 0.29) is 18.1 Å². The lowest BCUT2D eigenvalue weighted by atomic mass is 10.00. The Bertz CT molecular complexity index is 895. The highest BCUT2D eigenvalue weighted by molar-refractivity contribution is 7.89. The first kappa shape index (κ1) is 17.1. The van der Waals surface area contributed by atoms with Crippen LogP contribution in [-0.2, 0) is 10.0 Å². The second kappa shape index (κ2) is 6.11. The van der Waals surface area contributed by atoms with Crippen LogP contribution in [-0.4, -0.2) is 34.6 Å². The number of hydrogen-bond donors (Lipinski definition) is 0. The quantitative estimate of drug-likeness (QED) is 0.816. The molecule has 5 nitrogen and oxygen atoms in total. The molecule has 2 saturated heterocycles. The van der Waals surface area contributed by atoms with Gasteiger partial charge in [-0.25, -0.2) is 8.42 Å². The van der Waals surface area contributed by atoms with Gasteiger partial charge in [0.1, 0.15) is 0 Å². The standard InChI is InChI=1S/C18H22ClN3O2S/c1-12-10-20-21(11-12)16-7-14-4-5-15(8-16)22(14)25(23,24)17-6-3-13(2)18(19)9-17/h3,6,9-11,14-16H,4-5,7-8H2,1-2H3. The third kappa shape index (κ3) is 2.90. The Labute approximate surface area is 153 Å². The third-order valence-electron chi connectivity index (χ3n) is 5.46. The van der Waals surface area contributed by atoms with Crippen LogP contribution >= 0.6 is 11.6 Å². The summed E-state index contributed by atoms with van der Waals surface area (Å²) in [4.78, 5) is 0.299. The molecule has 0 aliphatic carbocycles. The number of hydrogen-bond acceptors (Lipinski definition) is 3. The number of aryl methyl sites for hydroxylation is 2. The van der Waals surface area contributed by atoms with Crippen molar-refractivity contribution in [2.75, 3.05) is 0 Å². The summed E-state index contributed by atoms with van der Waals surface area (Å²) in [6.07, 6.45) is 7.38. The van der Waals surface area contributed by atoms with Gasteiger partial charge in [-0.2, -0.15) is 9.40 Å². The van der Waals surface area contributed by atoms with Gasteiger partial charge in [0, 0.05) is 23.3 Å². The zero-order valence-electron chi connectivity index (χ0n) is 14.4. The second-order valence-electron chi connectivity index (χ2n) is 7.25. The van der Waals surface area contributed by atoms with Gasteiger partial charge in [-0.1, -0.05) is 17.7 Å². The summed E-state index contributed by atoms with van der Waals surface area (Å²) in [5.74, 6) is 0. The molecule has 2 atom stereocenters. The Morgan fingerprint density at radius 1 is 1.12 bits per heavy atom. The van der Waals surface area contributed by atoms with E-state index in [1.54, 1.807) is 22.5 Å². The van der Waals surface area contributed by atoms with Crippen LogP contribution in [0, 0.1) is 13.8 Å². The minimum Gasteiger partial charge on any atom is -0.269 e. The molecule has 2 aliphatic heterocycles. The van der Waals surface area contributed by atoms with Gasteiger partial charge in [-0.15, -0.1) is 0 Å². The fourth-order valence-corrected chi connectivity index (χ4v) is 6.37.